The SMILES string of the molecule is SC1CCN(C2CCCC2)C1. The van der Waals surface area contributed by atoms with Crippen molar-refractivity contribution >= 4 is 12.6 Å². The first-order valence-corrected chi connectivity index (χ1v) is 5.30. The van der Waals surface area contributed by atoms with E-state index in [0.29, 0.717) is 5.25 Å². The summed E-state index contributed by atoms with van der Waals surface area (Å²) in [7, 11) is 0. The highest BCUT2D eigenvalue weighted by Crippen LogP contribution is 2.27. The molecule has 2 heteroatoms. The summed E-state index contributed by atoms with van der Waals surface area (Å²) in [5.41, 5.74) is 0. The van der Waals surface area contributed by atoms with Gasteiger partial charge in [-0.2, -0.15) is 12.6 Å². The van der Waals surface area contributed by atoms with Gasteiger partial charge >= 0.3 is 0 Å². The van der Waals surface area contributed by atoms with Gasteiger partial charge in [-0.15, -0.1) is 0 Å². The van der Waals surface area contributed by atoms with Crippen molar-refractivity contribution in [3.05, 3.63) is 0 Å². The lowest BCUT2D eigenvalue weighted by Crippen LogP contribution is -2.30. The van der Waals surface area contributed by atoms with Crippen molar-refractivity contribution in [3.63, 3.8) is 0 Å². The third kappa shape index (κ3) is 1.73. The van der Waals surface area contributed by atoms with E-state index < -0.39 is 0 Å². The molecule has 1 aliphatic heterocycles. The fourth-order valence-electron chi connectivity index (χ4n) is 2.37. The highest BCUT2D eigenvalue weighted by molar-refractivity contribution is 7.81. The van der Waals surface area contributed by atoms with Crippen LogP contribution in [0.15, 0.2) is 0 Å². The number of hydrogen-bond donors (Lipinski definition) is 1. The molecule has 0 amide bonds. The molecule has 11 heavy (non-hydrogen) atoms. The summed E-state index contributed by atoms with van der Waals surface area (Å²) in [5, 5.41) is 0.663. The Morgan fingerprint density at radius 1 is 1.09 bits per heavy atom. The van der Waals surface area contributed by atoms with Crippen molar-refractivity contribution in [1.29, 1.82) is 0 Å². The van der Waals surface area contributed by atoms with E-state index in [1.807, 2.05) is 0 Å². The Kier molecular flexibility index (Phi) is 2.42. The largest absolute Gasteiger partial charge is 0.299 e. The number of likely N-dealkylation sites (tertiary alicyclic amines) is 1. The summed E-state index contributed by atoms with van der Waals surface area (Å²) in [4.78, 5) is 2.64. The van der Waals surface area contributed by atoms with Crippen LogP contribution in [0.5, 0.6) is 0 Å². The topological polar surface area (TPSA) is 3.24 Å². The van der Waals surface area contributed by atoms with E-state index in [4.69, 9.17) is 0 Å². The first kappa shape index (κ1) is 7.93. The summed E-state index contributed by atoms with van der Waals surface area (Å²) in [6.45, 7) is 2.55. The molecule has 0 N–H and O–H groups in total. The Hall–Kier alpha value is 0.310. The first-order chi connectivity index (χ1) is 5.36. The van der Waals surface area contributed by atoms with Crippen LogP contribution in [-0.4, -0.2) is 29.3 Å². The maximum absolute atomic E-state index is 4.50. The average molecular weight is 171 g/mol. The second kappa shape index (κ2) is 3.36. The minimum atomic E-state index is 0.663. The van der Waals surface area contributed by atoms with Gasteiger partial charge in [-0.1, -0.05) is 12.8 Å². The Bertz CT molecular complexity index is 132. The van der Waals surface area contributed by atoms with Gasteiger partial charge in [-0.05, 0) is 25.8 Å². The van der Waals surface area contributed by atoms with Gasteiger partial charge in [0.15, 0.2) is 0 Å². The standard InChI is InChI=1S/C9H17NS/c11-9-5-6-10(7-9)8-3-1-2-4-8/h8-9,11H,1-7H2. The smallest absolute Gasteiger partial charge is 0.0157 e. The Morgan fingerprint density at radius 3 is 2.36 bits per heavy atom. The van der Waals surface area contributed by atoms with Crippen molar-refractivity contribution < 1.29 is 0 Å². The second-order valence-electron chi connectivity index (χ2n) is 3.88. The van der Waals surface area contributed by atoms with Gasteiger partial charge in [0, 0.05) is 17.8 Å². The van der Waals surface area contributed by atoms with Gasteiger partial charge < -0.3 is 0 Å². The fraction of sp³-hybridized carbons (Fsp3) is 1.00. The van der Waals surface area contributed by atoms with E-state index in [1.165, 1.54) is 45.2 Å². The molecule has 0 aromatic carbocycles. The molecule has 1 aliphatic carbocycles. The molecule has 1 heterocycles. The fourth-order valence-corrected chi connectivity index (χ4v) is 2.69. The lowest BCUT2D eigenvalue weighted by molar-refractivity contribution is 0.247. The van der Waals surface area contributed by atoms with Crippen molar-refractivity contribution in [2.24, 2.45) is 0 Å². The minimum Gasteiger partial charge on any atom is -0.299 e. The molecule has 2 aliphatic rings. The van der Waals surface area contributed by atoms with Gasteiger partial charge in [0.1, 0.15) is 0 Å². The van der Waals surface area contributed by atoms with Gasteiger partial charge in [-0.3, -0.25) is 4.90 Å². The molecule has 2 fully saturated rings. The number of hydrogen-bond acceptors (Lipinski definition) is 2. The summed E-state index contributed by atoms with van der Waals surface area (Å²) >= 11 is 4.50. The van der Waals surface area contributed by atoms with Gasteiger partial charge in [0.05, 0.1) is 0 Å². The van der Waals surface area contributed by atoms with Gasteiger partial charge in [0.25, 0.3) is 0 Å². The predicted octanol–water partition coefficient (Wildman–Crippen LogP) is 1.93. The maximum atomic E-state index is 4.50. The van der Waals surface area contributed by atoms with Crippen molar-refractivity contribution in [1.82, 2.24) is 4.90 Å². The lowest BCUT2D eigenvalue weighted by Gasteiger charge is -2.22. The molecule has 64 valence electrons. The molecule has 1 saturated heterocycles. The molecule has 0 aromatic heterocycles. The van der Waals surface area contributed by atoms with Crippen LogP contribution in [0.2, 0.25) is 0 Å². The Balaban J connectivity index is 1.85. The molecule has 1 nitrogen and oxygen atoms in total. The zero-order valence-electron chi connectivity index (χ0n) is 7.00. The predicted molar refractivity (Wildman–Crippen MR) is 51.2 cm³/mol. The molecule has 2 rings (SSSR count). The highest BCUT2D eigenvalue weighted by Gasteiger charge is 2.27. The average Bonchev–Trinajstić information content (AvgIpc) is 2.55. The summed E-state index contributed by atoms with van der Waals surface area (Å²) in [6, 6.07) is 0.923. The molecular weight excluding hydrogens is 154 g/mol. The zero-order valence-corrected chi connectivity index (χ0v) is 7.89. The van der Waals surface area contributed by atoms with Crippen LogP contribution in [-0.2, 0) is 0 Å². The first-order valence-electron chi connectivity index (χ1n) is 4.78. The van der Waals surface area contributed by atoms with E-state index in [0.717, 1.165) is 6.04 Å². The van der Waals surface area contributed by atoms with Crippen LogP contribution in [0.4, 0.5) is 0 Å². The van der Waals surface area contributed by atoms with E-state index in [1.54, 1.807) is 0 Å². The monoisotopic (exact) mass is 171 g/mol. The van der Waals surface area contributed by atoms with Crippen LogP contribution < -0.4 is 0 Å². The van der Waals surface area contributed by atoms with Crippen LogP contribution in [0.25, 0.3) is 0 Å². The summed E-state index contributed by atoms with van der Waals surface area (Å²) in [5.74, 6) is 0. The van der Waals surface area contributed by atoms with Crippen molar-refractivity contribution in [2.75, 3.05) is 13.1 Å². The second-order valence-corrected chi connectivity index (χ2v) is 4.61. The molecule has 1 saturated carbocycles. The number of thiol groups is 1. The lowest BCUT2D eigenvalue weighted by atomic mass is 10.2. The highest BCUT2D eigenvalue weighted by atomic mass is 32.1. The third-order valence-corrected chi connectivity index (χ3v) is 3.46. The van der Waals surface area contributed by atoms with Gasteiger partial charge in [0.2, 0.25) is 0 Å². The molecule has 1 atom stereocenters. The zero-order chi connectivity index (χ0) is 7.68. The summed E-state index contributed by atoms with van der Waals surface area (Å²) < 4.78 is 0. The normalized spacial score (nSPS) is 35.2. The number of rotatable bonds is 1. The van der Waals surface area contributed by atoms with Crippen molar-refractivity contribution in [2.45, 2.75) is 43.4 Å². The molecule has 1 unspecified atom stereocenters. The quantitative estimate of drug-likeness (QED) is 0.590. The van der Waals surface area contributed by atoms with Crippen LogP contribution in [0.1, 0.15) is 32.1 Å². The minimum absolute atomic E-state index is 0.663. The Morgan fingerprint density at radius 2 is 1.82 bits per heavy atom. The molecular formula is C9H17NS. The third-order valence-electron chi connectivity index (χ3n) is 3.04. The molecule has 0 aromatic rings. The molecule has 0 bridgehead atoms. The van der Waals surface area contributed by atoms with Crippen LogP contribution in [0, 0.1) is 0 Å². The van der Waals surface area contributed by atoms with E-state index >= 15 is 0 Å². The molecule has 0 spiro atoms. The Labute approximate surface area is 74.6 Å². The van der Waals surface area contributed by atoms with E-state index in [2.05, 4.69) is 17.5 Å². The van der Waals surface area contributed by atoms with Crippen LogP contribution >= 0.6 is 12.6 Å². The maximum Gasteiger partial charge on any atom is 0.0157 e. The van der Waals surface area contributed by atoms with E-state index in [9.17, 15) is 0 Å². The van der Waals surface area contributed by atoms with Crippen molar-refractivity contribution in [3.8, 4) is 0 Å². The van der Waals surface area contributed by atoms with E-state index in [-0.39, 0.29) is 0 Å². The number of nitrogens with zero attached hydrogens (tertiary/aromatic N) is 1. The molecule has 0 radical (unpaired) electrons. The van der Waals surface area contributed by atoms with Crippen LogP contribution in [0.3, 0.4) is 0 Å². The summed E-state index contributed by atoms with van der Waals surface area (Å²) in [6.07, 6.45) is 7.11. The van der Waals surface area contributed by atoms with Gasteiger partial charge in [-0.25, -0.2) is 0 Å².